The normalized spacial score (nSPS) is 21.4. The fourth-order valence-electron chi connectivity index (χ4n) is 4.83. The fraction of sp³-hybridized carbons (Fsp3) is 0.231. The molecule has 3 aromatic rings. The molecule has 5 nitrogen and oxygen atoms in total. The Balaban J connectivity index is 1.48. The van der Waals surface area contributed by atoms with Gasteiger partial charge in [0.25, 0.3) is 10.0 Å². The summed E-state index contributed by atoms with van der Waals surface area (Å²) < 4.78 is 34.1. The van der Waals surface area contributed by atoms with Gasteiger partial charge in [-0.25, -0.2) is 8.42 Å². The van der Waals surface area contributed by atoms with E-state index in [1.165, 1.54) is 11.1 Å². The average Bonchev–Trinajstić information content (AvgIpc) is 3.28. The number of allylic oxidation sites excluding steroid dienone is 2. The van der Waals surface area contributed by atoms with Crippen LogP contribution in [-0.4, -0.2) is 15.5 Å². The number of anilines is 2. The van der Waals surface area contributed by atoms with Crippen molar-refractivity contribution in [3.63, 3.8) is 0 Å². The first-order valence-corrected chi connectivity index (χ1v) is 12.2. The minimum Gasteiger partial charge on any atom is -0.497 e. The van der Waals surface area contributed by atoms with E-state index in [0.29, 0.717) is 17.4 Å². The molecular weight excluding hydrogens is 420 g/mol. The molecule has 0 bridgehead atoms. The van der Waals surface area contributed by atoms with Gasteiger partial charge < -0.3 is 10.1 Å². The SMILES string of the molecule is COc1cccc(NS(=O)(=O)c2ccc3c(c2)[C@H]2C=CC[C@@H]2[C@@H](c2cccc(C)c2)N3)c1. The molecule has 0 radical (unpaired) electrons. The molecule has 0 spiro atoms. The second kappa shape index (κ2) is 8.02. The maximum absolute atomic E-state index is 13.1. The topological polar surface area (TPSA) is 67.4 Å². The summed E-state index contributed by atoms with van der Waals surface area (Å²) in [6.45, 7) is 2.11. The molecule has 3 aromatic carbocycles. The number of hydrogen-bond acceptors (Lipinski definition) is 4. The van der Waals surface area contributed by atoms with Gasteiger partial charge in [-0.15, -0.1) is 0 Å². The summed E-state index contributed by atoms with van der Waals surface area (Å²) >= 11 is 0. The molecule has 0 saturated heterocycles. The maximum Gasteiger partial charge on any atom is 0.261 e. The van der Waals surface area contributed by atoms with E-state index in [9.17, 15) is 8.42 Å². The van der Waals surface area contributed by atoms with E-state index >= 15 is 0 Å². The average molecular weight is 447 g/mol. The standard InChI is InChI=1S/C26H26N2O3S/c1-17-6-3-7-18(14-17)26-23-11-5-10-22(23)24-16-21(12-13-25(24)27-26)32(29,30)28-19-8-4-9-20(15-19)31-2/h3-10,12-16,22-23,26-28H,11H2,1-2H3/t22-,23-,26+/m0/s1. The summed E-state index contributed by atoms with van der Waals surface area (Å²) in [6.07, 6.45) is 5.40. The number of methoxy groups -OCH3 is 1. The first-order valence-electron chi connectivity index (χ1n) is 10.8. The Morgan fingerprint density at radius 3 is 2.69 bits per heavy atom. The highest BCUT2D eigenvalue weighted by atomic mass is 32.2. The van der Waals surface area contributed by atoms with Crippen LogP contribution in [0.15, 0.2) is 83.8 Å². The highest BCUT2D eigenvalue weighted by Crippen LogP contribution is 2.50. The van der Waals surface area contributed by atoms with Gasteiger partial charge in [0.15, 0.2) is 0 Å². The van der Waals surface area contributed by atoms with Crippen LogP contribution in [0.2, 0.25) is 0 Å². The molecule has 0 fully saturated rings. The number of hydrogen-bond donors (Lipinski definition) is 2. The fourth-order valence-corrected chi connectivity index (χ4v) is 5.92. The lowest BCUT2D eigenvalue weighted by atomic mass is 9.77. The predicted molar refractivity (Wildman–Crippen MR) is 128 cm³/mol. The molecule has 5 rings (SSSR count). The van der Waals surface area contributed by atoms with Gasteiger partial charge in [0, 0.05) is 17.7 Å². The molecule has 0 amide bonds. The van der Waals surface area contributed by atoms with E-state index < -0.39 is 10.0 Å². The van der Waals surface area contributed by atoms with Gasteiger partial charge in [-0.2, -0.15) is 0 Å². The Bertz CT molecular complexity index is 1300. The van der Waals surface area contributed by atoms with Crippen molar-refractivity contribution in [3.8, 4) is 5.75 Å². The van der Waals surface area contributed by atoms with Gasteiger partial charge in [-0.05, 0) is 60.7 Å². The Kier molecular flexibility index (Phi) is 5.18. The minimum absolute atomic E-state index is 0.184. The summed E-state index contributed by atoms with van der Waals surface area (Å²) in [7, 11) is -2.17. The molecule has 3 atom stereocenters. The summed E-state index contributed by atoms with van der Waals surface area (Å²) in [5.74, 6) is 1.14. The molecule has 0 saturated carbocycles. The van der Waals surface area contributed by atoms with Gasteiger partial charge >= 0.3 is 0 Å². The first-order chi connectivity index (χ1) is 15.4. The quantitative estimate of drug-likeness (QED) is 0.499. The summed E-state index contributed by atoms with van der Waals surface area (Å²) in [6, 6.07) is 21.1. The third kappa shape index (κ3) is 3.75. The lowest BCUT2D eigenvalue weighted by Gasteiger charge is -2.37. The molecule has 2 N–H and O–H groups in total. The van der Waals surface area contributed by atoms with Crippen molar-refractivity contribution in [1.82, 2.24) is 0 Å². The largest absolute Gasteiger partial charge is 0.497 e. The number of benzene rings is 3. The third-order valence-corrected chi connectivity index (χ3v) is 7.75. The number of sulfonamides is 1. The zero-order valence-electron chi connectivity index (χ0n) is 18.1. The van der Waals surface area contributed by atoms with Crippen LogP contribution < -0.4 is 14.8 Å². The van der Waals surface area contributed by atoms with Crippen LogP contribution in [0.5, 0.6) is 5.75 Å². The van der Waals surface area contributed by atoms with Crippen LogP contribution in [0.1, 0.15) is 35.1 Å². The predicted octanol–water partition coefficient (Wildman–Crippen LogP) is 5.63. The Hall–Kier alpha value is -3.25. The van der Waals surface area contributed by atoms with Crippen LogP contribution in [0, 0.1) is 12.8 Å². The zero-order valence-corrected chi connectivity index (χ0v) is 18.9. The van der Waals surface area contributed by atoms with E-state index in [1.54, 1.807) is 37.4 Å². The van der Waals surface area contributed by atoms with Crippen LogP contribution >= 0.6 is 0 Å². The lowest BCUT2D eigenvalue weighted by molar-refractivity contribution is 0.415. The van der Waals surface area contributed by atoms with E-state index in [1.807, 2.05) is 12.1 Å². The zero-order chi connectivity index (χ0) is 22.3. The van der Waals surface area contributed by atoms with Crippen molar-refractivity contribution >= 4 is 21.4 Å². The van der Waals surface area contributed by atoms with Crippen LogP contribution in [0.3, 0.4) is 0 Å². The van der Waals surface area contributed by atoms with E-state index in [4.69, 9.17) is 4.74 Å². The molecule has 6 heteroatoms. The molecule has 32 heavy (non-hydrogen) atoms. The third-order valence-electron chi connectivity index (χ3n) is 6.37. The van der Waals surface area contributed by atoms with E-state index in [0.717, 1.165) is 17.7 Å². The van der Waals surface area contributed by atoms with Gasteiger partial charge in [-0.1, -0.05) is 48.0 Å². The first kappa shape index (κ1) is 20.6. The molecule has 0 aromatic heterocycles. The minimum atomic E-state index is -3.73. The lowest BCUT2D eigenvalue weighted by Crippen LogP contribution is -2.29. The van der Waals surface area contributed by atoms with Crippen molar-refractivity contribution < 1.29 is 13.2 Å². The molecule has 164 valence electrons. The van der Waals surface area contributed by atoms with Gasteiger partial charge in [0.05, 0.1) is 23.7 Å². The summed E-state index contributed by atoms with van der Waals surface area (Å²) in [4.78, 5) is 0.258. The highest BCUT2D eigenvalue weighted by Gasteiger charge is 2.38. The van der Waals surface area contributed by atoms with Crippen molar-refractivity contribution in [1.29, 1.82) is 0 Å². The molecular formula is C26H26N2O3S. The van der Waals surface area contributed by atoms with Gasteiger partial charge in [0.1, 0.15) is 5.75 Å². The monoisotopic (exact) mass is 446 g/mol. The second-order valence-corrected chi connectivity index (χ2v) is 10.2. The molecule has 1 aliphatic carbocycles. The van der Waals surface area contributed by atoms with E-state index in [2.05, 4.69) is 53.4 Å². The van der Waals surface area contributed by atoms with Crippen LogP contribution in [0.25, 0.3) is 0 Å². The van der Waals surface area contributed by atoms with Crippen LogP contribution in [-0.2, 0) is 10.0 Å². The number of aryl methyl sites for hydroxylation is 1. The van der Waals surface area contributed by atoms with Crippen LogP contribution in [0.4, 0.5) is 11.4 Å². The summed E-state index contributed by atoms with van der Waals surface area (Å²) in [5.41, 5.74) is 5.00. The smallest absolute Gasteiger partial charge is 0.261 e. The van der Waals surface area contributed by atoms with Gasteiger partial charge in [-0.3, -0.25) is 4.72 Å². The molecule has 0 unspecified atom stereocenters. The Morgan fingerprint density at radius 2 is 1.88 bits per heavy atom. The number of ether oxygens (including phenoxy) is 1. The highest BCUT2D eigenvalue weighted by molar-refractivity contribution is 7.92. The summed E-state index contributed by atoms with van der Waals surface area (Å²) in [5, 5.41) is 3.68. The van der Waals surface area contributed by atoms with Gasteiger partial charge in [0.2, 0.25) is 0 Å². The molecule has 1 heterocycles. The Labute approximate surface area is 189 Å². The van der Waals surface area contributed by atoms with Crippen molar-refractivity contribution in [2.45, 2.75) is 30.2 Å². The second-order valence-electron chi connectivity index (χ2n) is 8.48. The van der Waals surface area contributed by atoms with Crippen molar-refractivity contribution in [2.24, 2.45) is 5.92 Å². The number of nitrogens with one attached hydrogen (secondary N) is 2. The van der Waals surface area contributed by atoms with Crippen molar-refractivity contribution in [3.05, 3.63) is 95.6 Å². The number of rotatable bonds is 5. The number of fused-ring (bicyclic) bond motifs is 3. The molecule has 1 aliphatic heterocycles. The molecule has 2 aliphatic rings. The Morgan fingerprint density at radius 1 is 1.03 bits per heavy atom. The van der Waals surface area contributed by atoms with E-state index in [-0.39, 0.29) is 16.9 Å². The maximum atomic E-state index is 13.1. The van der Waals surface area contributed by atoms with Crippen molar-refractivity contribution in [2.75, 3.05) is 17.1 Å².